The second-order valence-electron chi connectivity index (χ2n) is 6.30. The van der Waals surface area contributed by atoms with Gasteiger partial charge < -0.3 is 0 Å². The molecule has 81 valence electrons. The van der Waals surface area contributed by atoms with Crippen molar-refractivity contribution in [3.05, 3.63) is 29.3 Å². The molecule has 1 aromatic carbocycles. The first kappa shape index (κ1) is 12.5. The molecule has 0 aliphatic rings. The first-order valence-electron chi connectivity index (χ1n) is 5.48. The highest BCUT2D eigenvalue weighted by Gasteiger charge is 2.19. The van der Waals surface area contributed by atoms with Gasteiger partial charge in [0, 0.05) is 0 Å². The molecule has 0 nitrogen and oxygen atoms in total. The second kappa shape index (κ2) is 3.78. The third-order valence-corrected chi connectivity index (χ3v) is 2.95. The van der Waals surface area contributed by atoms with Gasteiger partial charge in [-0.3, -0.25) is 0 Å². The number of benzene rings is 1. The van der Waals surface area contributed by atoms with Crippen LogP contribution in [0.4, 0.5) is 0 Å². The van der Waals surface area contributed by atoms with Crippen LogP contribution < -0.4 is 5.19 Å². The quantitative estimate of drug-likeness (QED) is 0.586. The van der Waals surface area contributed by atoms with Crippen molar-refractivity contribution in [1.82, 2.24) is 0 Å². The zero-order chi connectivity index (χ0) is 11.9. The SMILES string of the molecule is CC(C)(C)c1cc([Si])cc(C(C)(C)C)c1. The minimum absolute atomic E-state index is 0.211. The van der Waals surface area contributed by atoms with Gasteiger partial charge in [0.25, 0.3) is 0 Å². The minimum Gasteiger partial charge on any atom is -0.0668 e. The van der Waals surface area contributed by atoms with Gasteiger partial charge in [-0.2, -0.15) is 0 Å². The maximum atomic E-state index is 3.65. The summed E-state index contributed by atoms with van der Waals surface area (Å²) in [5.41, 5.74) is 3.20. The lowest BCUT2D eigenvalue weighted by atomic mass is 9.81. The van der Waals surface area contributed by atoms with Crippen LogP contribution in [0.25, 0.3) is 0 Å². The molecule has 0 aliphatic heterocycles. The maximum absolute atomic E-state index is 3.65. The molecule has 0 fully saturated rings. The summed E-state index contributed by atoms with van der Waals surface area (Å²) in [4.78, 5) is 0. The van der Waals surface area contributed by atoms with Crippen molar-refractivity contribution < 1.29 is 0 Å². The van der Waals surface area contributed by atoms with E-state index in [4.69, 9.17) is 0 Å². The monoisotopic (exact) mass is 217 g/mol. The standard InChI is InChI=1S/C14H21Si/c1-13(2,3)10-7-11(14(4,5)6)9-12(15)8-10/h7-9H,1-6H3. The van der Waals surface area contributed by atoms with Crippen LogP contribution in [0, 0.1) is 0 Å². The van der Waals surface area contributed by atoms with Gasteiger partial charge >= 0.3 is 0 Å². The first-order chi connectivity index (χ1) is 6.60. The third kappa shape index (κ3) is 3.20. The topological polar surface area (TPSA) is 0 Å². The van der Waals surface area contributed by atoms with Crippen LogP contribution in [0.2, 0.25) is 0 Å². The highest BCUT2D eigenvalue weighted by molar-refractivity contribution is 6.32. The molecule has 0 aromatic heterocycles. The molecule has 0 saturated heterocycles. The van der Waals surface area contributed by atoms with Gasteiger partial charge in [0.1, 0.15) is 0 Å². The molecule has 0 amide bonds. The second-order valence-corrected chi connectivity index (χ2v) is 6.88. The van der Waals surface area contributed by atoms with E-state index in [2.05, 4.69) is 70.0 Å². The summed E-state index contributed by atoms with van der Waals surface area (Å²) in [6.45, 7) is 13.5. The van der Waals surface area contributed by atoms with E-state index in [-0.39, 0.29) is 10.8 Å². The number of rotatable bonds is 0. The van der Waals surface area contributed by atoms with Crippen LogP contribution in [-0.2, 0) is 10.8 Å². The summed E-state index contributed by atoms with van der Waals surface area (Å²) in [5.74, 6) is 0. The van der Waals surface area contributed by atoms with Crippen molar-refractivity contribution >= 4 is 15.4 Å². The van der Waals surface area contributed by atoms with Crippen molar-refractivity contribution in [3.8, 4) is 0 Å². The molecule has 0 atom stereocenters. The summed E-state index contributed by atoms with van der Waals surface area (Å²) in [5, 5.41) is 1.17. The van der Waals surface area contributed by atoms with Gasteiger partial charge in [-0.15, -0.1) is 0 Å². The molecule has 0 unspecified atom stereocenters. The summed E-state index contributed by atoms with van der Waals surface area (Å²) >= 11 is 0. The fraction of sp³-hybridized carbons (Fsp3) is 0.571. The smallest absolute Gasteiger partial charge is 0.0668 e. The molecule has 0 bridgehead atoms. The van der Waals surface area contributed by atoms with E-state index < -0.39 is 0 Å². The van der Waals surface area contributed by atoms with E-state index in [1.54, 1.807) is 0 Å². The fourth-order valence-corrected chi connectivity index (χ4v) is 1.80. The van der Waals surface area contributed by atoms with Gasteiger partial charge in [-0.05, 0) is 22.0 Å². The van der Waals surface area contributed by atoms with Crippen LogP contribution in [0.15, 0.2) is 18.2 Å². The Bertz CT molecular complexity index is 318. The predicted octanol–water partition coefficient (Wildman–Crippen LogP) is 3.08. The van der Waals surface area contributed by atoms with Crippen LogP contribution in [0.3, 0.4) is 0 Å². The van der Waals surface area contributed by atoms with E-state index >= 15 is 0 Å². The largest absolute Gasteiger partial charge is 0.0712 e. The minimum atomic E-state index is 0.211. The van der Waals surface area contributed by atoms with Gasteiger partial charge in [0.2, 0.25) is 0 Å². The normalized spacial score (nSPS) is 13.0. The van der Waals surface area contributed by atoms with Crippen molar-refractivity contribution in [2.24, 2.45) is 0 Å². The molecule has 3 radical (unpaired) electrons. The summed E-state index contributed by atoms with van der Waals surface area (Å²) in [6, 6.07) is 6.75. The van der Waals surface area contributed by atoms with Crippen LogP contribution >= 0.6 is 0 Å². The lowest BCUT2D eigenvalue weighted by molar-refractivity contribution is 0.569. The lowest BCUT2D eigenvalue weighted by Crippen LogP contribution is -2.20. The third-order valence-electron chi connectivity index (χ3n) is 2.67. The van der Waals surface area contributed by atoms with E-state index in [1.165, 1.54) is 16.3 Å². The van der Waals surface area contributed by atoms with Crippen molar-refractivity contribution in [2.75, 3.05) is 0 Å². The highest BCUT2D eigenvalue weighted by atomic mass is 28.1. The maximum Gasteiger partial charge on any atom is 0.0712 e. The molecule has 0 heterocycles. The fourth-order valence-electron chi connectivity index (χ4n) is 1.49. The highest BCUT2D eigenvalue weighted by Crippen LogP contribution is 2.27. The van der Waals surface area contributed by atoms with E-state index in [1.807, 2.05) is 0 Å². The van der Waals surface area contributed by atoms with Crippen LogP contribution in [-0.4, -0.2) is 10.2 Å². The Balaban J connectivity index is 3.30. The van der Waals surface area contributed by atoms with Crippen molar-refractivity contribution in [2.45, 2.75) is 52.4 Å². The van der Waals surface area contributed by atoms with Gasteiger partial charge in [-0.1, -0.05) is 64.9 Å². The Labute approximate surface area is 97.5 Å². The summed E-state index contributed by atoms with van der Waals surface area (Å²) in [7, 11) is 3.65. The van der Waals surface area contributed by atoms with Crippen LogP contribution in [0.5, 0.6) is 0 Å². The molecule has 1 heteroatoms. The average Bonchev–Trinajstić information content (AvgIpc) is 1.99. The number of hydrogen-bond acceptors (Lipinski definition) is 0. The molecule has 0 aliphatic carbocycles. The molecular formula is C14H21Si. The van der Waals surface area contributed by atoms with E-state index in [0.717, 1.165) is 0 Å². The van der Waals surface area contributed by atoms with Crippen molar-refractivity contribution in [1.29, 1.82) is 0 Å². The molecule has 1 aromatic rings. The van der Waals surface area contributed by atoms with Crippen molar-refractivity contribution in [3.63, 3.8) is 0 Å². The zero-order valence-corrected chi connectivity index (χ0v) is 11.7. The Morgan fingerprint density at radius 2 is 1.07 bits per heavy atom. The zero-order valence-electron chi connectivity index (χ0n) is 10.7. The molecule has 0 N–H and O–H groups in total. The predicted molar refractivity (Wildman–Crippen MR) is 69.2 cm³/mol. The Morgan fingerprint density at radius 1 is 0.733 bits per heavy atom. The van der Waals surface area contributed by atoms with Crippen LogP contribution in [0.1, 0.15) is 52.7 Å². The molecule has 0 spiro atoms. The number of hydrogen-bond donors (Lipinski definition) is 0. The molecular weight excluding hydrogens is 196 g/mol. The summed E-state index contributed by atoms with van der Waals surface area (Å²) in [6.07, 6.45) is 0. The Morgan fingerprint density at radius 3 is 1.33 bits per heavy atom. The molecule has 15 heavy (non-hydrogen) atoms. The van der Waals surface area contributed by atoms with Gasteiger partial charge in [0.05, 0.1) is 10.2 Å². The van der Waals surface area contributed by atoms with E-state index in [0.29, 0.717) is 0 Å². The lowest BCUT2D eigenvalue weighted by Gasteiger charge is -2.25. The Hall–Kier alpha value is -0.563. The average molecular weight is 217 g/mol. The van der Waals surface area contributed by atoms with E-state index in [9.17, 15) is 0 Å². The Kier molecular flexibility index (Phi) is 3.15. The summed E-state index contributed by atoms with van der Waals surface area (Å²) < 4.78 is 0. The molecule has 0 saturated carbocycles. The van der Waals surface area contributed by atoms with Gasteiger partial charge in [-0.25, -0.2) is 0 Å². The molecule has 1 rings (SSSR count). The van der Waals surface area contributed by atoms with Gasteiger partial charge in [0.15, 0.2) is 0 Å². The first-order valence-corrected chi connectivity index (χ1v) is 5.98.